The van der Waals surface area contributed by atoms with E-state index < -0.39 is 12.1 Å². The number of urea groups is 1. The molecule has 1 atom stereocenters. The van der Waals surface area contributed by atoms with E-state index in [9.17, 15) is 9.90 Å². The van der Waals surface area contributed by atoms with Crippen LogP contribution < -0.4 is 15.4 Å². The monoisotopic (exact) mass is 286 g/mol. The van der Waals surface area contributed by atoms with Crippen molar-refractivity contribution >= 4 is 11.7 Å². The molecule has 0 aliphatic heterocycles. The van der Waals surface area contributed by atoms with Crippen molar-refractivity contribution in [3.8, 4) is 5.75 Å². The van der Waals surface area contributed by atoms with Gasteiger partial charge >= 0.3 is 6.03 Å². The molecule has 5 heteroatoms. The van der Waals surface area contributed by atoms with E-state index in [4.69, 9.17) is 4.74 Å². The summed E-state index contributed by atoms with van der Waals surface area (Å²) in [7, 11) is 1.54. The average molecular weight is 286 g/mol. The topological polar surface area (TPSA) is 70.6 Å². The lowest BCUT2D eigenvalue weighted by atomic mass is 10.1. The molecular formula is C16H18N2O3. The molecule has 0 aliphatic carbocycles. The van der Waals surface area contributed by atoms with Crippen molar-refractivity contribution in [3.63, 3.8) is 0 Å². The van der Waals surface area contributed by atoms with Crippen LogP contribution in [-0.4, -0.2) is 24.9 Å². The summed E-state index contributed by atoms with van der Waals surface area (Å²) in [4.78, 5) is 12.0. The number of carbonyl (C=O) groups excluding carboxylic acids is 1. The molecule has 0 aliphatic rings. The van der Waals surface area contributed by atoms with Gasteiger partial charge in [-0.1, -0.05) is 42.5 Å². The minimum atomic E-state index is -0.457. The number of aliphatic hydroxyl groups is 1. The summed E-state index contributed by atoms with van der Waals surface area (Å²) < 4.78 is 5.17. The lowest BCUT2D eigenvalue weighted by Crippen LogP contribution is -2.34. The first-order chi connectivity index (χ1) is 10.2. The molecule has 3 N–H and O–H groups in total. The quantitative estimate of drug-likeness (QED) is 0.791. The van der Waals surface area contributed by atoms with Crippen molar-refractivity contribution < 1.29 is 14.6 Å². The fraction of sp³-hybridized carbons (Fsp3) is 0.188. The van der Waals surface area contributed by atoms with Crippen molar-refractivity contribution in [2.75, 3.05) is 19.0 Å². The summed E-state index contributed by atoms with van der Waals surface area (Å²) in [5, 5.41) is 14.9. The van der Waals surface area contributed by atoms with Crippen LogP contribution in [0.25, 0.3) is 0 Å². The Morgan fingerprint density at radius 1 is 1.14 bits per heavy atom. The smallest absolute Gasteiger partial charge is 0.319 e. The molecule has 0 spiro atoms. The standard InChI is InChI=1S/C16H18N2O3/c1-21-15-10-6-5-9-13(15)17-16(20)18-14(11-19)12-7-3-2-4-8-12/h2-10,14,19H,11H2,1H3,(H2,17,18,20). The highest BCUT2D eigenvalue weighted by Gasteiger charge is 2.14. The van der Waals surface area contributed by atoms with Crippen LogP contribution in [0.3, 0.4) is 0 Å². The largest absolute Gasteiger partial charge is 0.495 e. The van der Waals surface area contributed by atoms with E-state index in [1.807, 2.05) is 36.4 Å². The third-order valence-electron chi connectivity index (χ3n) is 3.05. The molecule has 2 aromatic rings. The van der Waals surface area contributed by atoms with Gasteiger partial charge in [-0.3, -0.25) is 0 Å². The first kappa shape index (κ1) is 14.9. The third kappa shape index (κ3) is 3.97. The molecule has 0 saturated heterocycles. The Labute approximate surface area is 123 Å². The molecule has 2 rings (SSSR count). The number of benzene rings is 2. The van der Waals surface area contributed by atoms with E-state index in [2.05, 4.69) is 10.6 Å². The van der Waals surface area contributed by atoms with Crippen LogP contribution in [0.1, 0.15) is 11.6 Å². The van der Waals surface area contributed by atoms with Gasteiger partial charge in [0.2, 0.25) is 0 Å². The number of rotatable bonds is 5. The molecule has 2 amide bonds. The van der Waals surface area contributed by atoms with Crippen LogP contribution in [0.15, 0.2) is 54.6 Å². The molecule has 0 aromatic heterocycles. The summed E-state index contributed by atoms with van der Waals surface area (Å²) in [6.45, 7) is -0.177. The highest BCUT2D eigenvalue weighted by molar-refractivity contribution is 5.91. The zero-order valence-corrected chi connectivity index (χ0v) is 11.7. The maximum Gasteiger partial charge on any atom is 0.319 e. The number of anilines is 1. The van der Waals surface area contributed by atoms with E-state index >= 15 is 0 Å². The molecule has 0 bridgehead atoms. The Kier molecular flexibility index (Phi) is 5.17. The second kappa shape index (κ2) is 7.31. The second-order valence-electron chi connectivity index (χ2n) is 4.44. The van der Waals surface area contributed by atoms with Gasteiger partial charge in [0.05, 0.1) is 25.4 Å². The molecule has 1 unspecified atom stereocenters. The second-order valence-corrected chi connectivity index (χ2v) is 4.44. The van der Waals surface area contributed by atoms with Gasteiger partial charge in [-0.2, -0.15) is 0 Å². The molecule has 0 heterocycles. The SMILES string of the molecule is COc1ccccc1NC(=O)NC(CO)c1ccccc1. The minimum Gasteiger partial charge on any atom is -0.495 e. The summed E-state index contributed by atoms with van der Waals surface area (Å²) in [5.41, 5.74) is 1.41. The fourth-order valence-corrected chi connectivity index (χ4v) is 1.98. The van der Waals surface area contributed by atoms with Crippen molar-refractivity contribution in [3.05, 3.63) is 60.2 Å². The first-order valence-corrected chi connectivity index (χ1v) is 6.61. The Balaban J connectivity index is 2.03. The summed E-state index contributed by atoms with van der Waals surface area (Å²) in [5.74, 6) is 0.577. The van der Waals surface area contributed by atoms with E-state index in [-0.39, 0.29) is 6.61 Å². The normalized spacial score (nSPS) is 11.5. The zero-order chi connectivity index (χ0) is 15.1. The number of nitrogens with one attached hydrogen (secondary N) is 2. The molecule has 21 heavy (non-hydrogen) atoms. The van der Waals surface area contributed by atoms with Crippen molar-refractivity contribution in [2.45, 2.75) is 6.04 Å². The van der Waals surface area contributed by atoms with E-state index in [1.54, 1.807) is 25.3 Å². The van der Waals surface area contributed by atoms with Gasteiger partial charge in [0, 0.05) is 0 Å². The Bertz CT molecular complexity index is 587. The summed E-state index contributed by atoms with van der Waals surface area (Å²) in [6, 6.07) is 15.6. The number of para-hydroxylation sites is 2. The molecule has 2 aromatic carbocycles. The summed E-state index contributed by atoms with van der Waals surface area (Å²) >= 11 is 0. The van der Waals surface area contributed by atoms with E-state index in [0.717, 1.165) is 5.56 Å². The average Bonchev–Trinajstić information content (AvgIpc) is 2.54. The van der Waals surface area contributed by atoms with E-state index in [1.165, 1.54) is 0 Å². The maximum atomic E-state index is 12.0. The van der Waals surface area contributed by atoms with Crippen molar-refractivity contribution in [1.29, 1.82) is 0 Å². The Hall–Kier alpha value is -2.53. The van der Waals surface area contributed by atoms with Gasteiger partial charge in [0.25, 0.3) is 0 Å². The lowest BCUT2D eigenvalue weighted by molar-refractivity contribution is 0.225. The molecule has 0 saturated carbocycles. The zero-order valence-electron chi connectivity index (χ0n) is 11.7. The van der Waals surface area contributed by atoms with Crippen LogP contribution >= 0.6 is 0 Å². The van der Waals surface area contributed by atoms with Gasteiger partial charge in [0.1, 0.15) is 5.75 Å². The Morgan fingerprint density at radius 3 is 2.48 bits per heavy atom. The highest BCUT2D eigenvalue weighted by Crippen LogP contribution is 2.23. The number of carbonyl (C=O) groups is 1. The van der Waals surface area contributed by atoms with Gasteiger partial charge < -0.3 is 20.5 Å². The predicted octanol–water partition coefficient (Wildman–Crippen LogP) is 2.55. The lowest BCUT2D eigenvalue weighted by Gasteiger charge is -2.18. The van der Waals surface area contributed by atoms with Crippen molar-refractivity contribution in [2.24, 2.45) is 0 Å². The number of hydrogen-bond acceptors (Lipinski definition) is 3. The molecular weight excluding hydrogens is 268 g/mol. The van der Waals surface area contributed by atoms with E-state index in [0.29, 0.717) is 11.4 Å². The minimum absolute atomic E-state index is 0.177. The summed E-state index contributed by atoms with van der Waals surface area (Å²) in [6.07, 6.45) is 0. The third-order valence-corrected chi connectivity index (χ3v) is 3.05. The highest BCUT2D eigenvalue weighted by atomic mass is 16.5. The molecule has 0 fully saturated rings. The van der Waals surface area contributed by atoms with Gasteiger partial charge in [-0.15, -0.1) is 0 Å². The van der Waals surface area contributed by atoms with Crippen LogP contribution in [0.2, 0.25) is 0 Å². The van der Waals surface area contributed by atoms with Gasteiger partial charge in [-0.25, -0.2) is 4.79 Å². The van der Waals surface area contributed by atoms with Crippen LogP contribution in [0.4, 0.5) is 10.5 Å². The fourth-order valence-electron chi connectivity index (χ4n) is 1.98. The van der Waals surface area contributed by atoms with Gasteiger partial charge in [0.15, 0.2) is 0 Å². The van der Waals surface area contributed by atoms with Crippen LogP contribution in [-0.2, 0) is 0 Å². The number of methoxy groups -OCH3 is 1. The molecule has 5 nitrogen and oxygen atoms in total. The molecule has 0 radical (unpaired) electrons. The molecule has 110 valence electrons. The number of hydrogen-bond donors (Lipinski definition) is 3. The first-order valence-electron chi connectivity index (χ1n) is 6.61. The maximum absolute atomic E-state index is 12.0. The number of aliphatic hydroxyl groups excluding tert-OH is 1. The Morgan fingerprint density at radius 2 is 1.81 bits per heavy atom. The van der Waals surface area contributed by atoms with Crippen LogP contribution in [0, 0.1) is 0 Å². The number of ether oxygens (including phenoxy) is 1. The number of amides is 2. The van der Waals surface area contributed by atoms with Crippen LogP contribution in [0.5, 0.6) is 5.75 Å². The predicted molar refractivity (Wildman–Crippen MR) is 81.4 cm³/mol. The van der Waals surface area contributed by atoms with Gasteiger partial charge in [-0.05, 0) is 17.7 Å². The van der Waals surface area contributed by atoms with Crippen molar-refractivity contribution in [1.82, 2.24) is 5.32 Å².